The van der Waals surface area contributed by atoms with Crippen molar-refractivity contribution in [3.63, 3.8) is 0 Å². The Bertz CT molecular complexity index is 744. The van der Waals surface area contributed by atoms with Crippen molar-refractivity contribution in [1.82, 2.24) is 0 Å². The first kappa shape index (κ1) is 15.6. The minimum absolute atomic E-state index is 0.570. The molecule has 0 aliphatic rings. The molecule has 3 rings (SSSR count). The molecule has 3 aromatic rings. The predicted octanol–water partition coefficient (Wildman–Crippen LogP) is 5.64. The van der Waals surface area contributed by atoms with E-state index in [2.05, 4.69) is 45.5 Å². The average molecular weight is 368 g/mol. The molecule has 0 aromatic heterocycles. The minimum atomic E-state index is 0.570. The zero-order chi connectivity index (χ0) is 15.9. The number of halogens is 1. The smallest absolute Gasteiger partial charge is 0.121 e. The second kappa shape index (κ2) is 7.84. The van der Waals surface area contributed by atoms with Crippen LogP contribution in [-0.4, -0.2) is 0 Å². The summed E-state index contributed by atoms with van der Waals surface area (Å²) in [5.41, 5.74) is 3.43. The SMILES string of the molecule is Brc1ccc(OCc2ccccc2)cc1NCc1ccccc1. The van der Waals surface area contributed by atoms with Crippen molar-refractivity contribution in [1.29, 1.82) is 0 Å². The van der Waals surface area contributed by atoms with Crippen LogP contribution in [0, 0.1) is 0 Å². The van der Waals surface area contributed by atoms with Gasteiger partial charge in [-0.2, -0.15) is 0 Å². The molecule has 3 heteroatoms. The third kappa shape index (κ3) is 4.60. The zero-order valence-corrected chi connectivity index (χ0v) is 14.3. The van der Waals surface area contributed by atoms with Gasteiger partial charge >= 0.3 is 0 Å². The summed E-state index contributed by atoms with van der Waals surface area (Å²) < 4.78 is 6.91. The lowest BCUT2D eigenvalue weighted by molar-refractivity contribution is 0.306. The van der Waals surface area contributed by atoms with Gasteiger partial charge in [-0.25, -0.2) is 0 Å². The van der Waals surface area contributed by atoms with Gasteiger partial charge in [-0.3, -0.25) is 0 Å². The van der Waals surface area contributed by atoms with Gasteiger partial charge in [0.15, 0.2) is 0 Å². The molecule has 0 heterocycles. The first-order valence-corrected chi connectivity index (χ1v) is 8.34. The van der Waals surface area contributed by atoms with Crippen LogP contribution in [0.5, 0.6) is 5.75 Å². The average Bonchev–Trinajstić information content (AvgIpc) is 2.62. The maximum Gasteiger partial charge on any atom is 0.121 e. The van der Waals surface area contributed by atoms with Gasteiger partial charge in [-0.1, -0.05) is 60.7 Å². The van der Waals surface area contributed by atoms with Gasteiger partial charge < -0.3 is 10.1 Å². The van der Waals surface area contributed by atoms with E-state index >= 15 is 0 Å². The number of rotatable bonds is 6. The Kier molecular flexibility index (Phi) is 5.33. The van der Waals surface area contributed by atoms with Gasteiger partial charge in [0.1, 0.15) is 12.4 Å². The summed E-state index contributed by atoms with van der Waals surface area (Å²) in [6.07, 6.45) is 0. The lowest BCUT2D eigenvalue weighted by atomic mass is 10.2. The van der Waals surface area contributed by atoms with E-state index in [1.165, 1.54) is 5.56 Å². The molecule has 0 aliphatic heterocycles. The van der Waals surface area contributed by atoms with Crippen molar-refractivity contribution in [2.75, 3.05) is 5.32 Å². The summed E-state index contributed by atoms with van der Waals surface area (Å²) in [5.74, 6) is 0.854. The molecule has 0 saturated carbocycles. The highest BCUT2D eigenvalue weighted by Gasteiger charge is 2.03. The minimum Gasteiger partial charge on any atom is -0.489 e. The molecule has 0 bridgehead atoms. The molecule has 2 nitrogen and oxygen atoms in total. The molecule has 0 fully saturated rings. The Hall–Kier alpha value is -2.26. The lowest BCUT2D eigenvalue weighted by Crippen LogP contribution is -2.01. The summed E-state index contributed by atoms with van der Waals surface area (Å²) >= 11 is 3.58. The predicted molar refractivity (Wildman–Crippen MR) is 98.7 cm³/mol. The van der Waals surface area contributed by atoms with Gasteiger partial charge in [-0.05, 0) is 39.2 Å². The molecule has 23 heavy (non-hydrogen) atoms. The number of hydrogen-bond donors (Lipinski definition) is 1. The van der Waals surface area contributed by atoms with E-state index in [9.17, 15) is 0 Å². The van der Waals surface area contributed by atoms with Crippen molar-refractivity contribution in [2.45, 2.75) is 13.2 Å². The largest absolute Gasteiger partial charge is 0.489 e. The quantitative estimate of drug-likeness (QED) is 0.608. The molecule has 0 atom stereocenters. The molecule has 1 N–H and O–H groups in total. The zero-order valence-electron chi connectivity index (χ0n) is 12.7. The Balaban J connectivity index is 1.64. The summed E-state index contributed by atoms with van der Waals surface area (Å²) in [4.78, 5) is 0. The van der Waals surface area contributed by atoms with Crippen molar-refractivity contribution >= 4 is 21.6 Å². The van der Waals surface area contributed by atoms with E-state index in [-0.39, 0.29) is 0 Å². The second-order valence-corrected chi connectivity index (χ2v) is 6.11. The standard InChI is InChI=1S/C20H18BrNO/c21-19-12-11-18(23-15-17-9-5-2-6-10-17)13-20(19)22-14-16-7-3-1-4-8-16/h1-13,22H,14-15H2. The van der Waals surface area contributed by atoms with E-state index in [0.717, 1.165) is 28.0 Å². The van der Waals surface area contributed by atoms with Crippen LogP contribution in [0.2, 0.25) is 0 Å². The number of benzene rings is 3. The third-order valence-electron chi connectivity index (χ3n) is 3.51. The second-order valence-electron chi connectivity index (χ2n) is 5.26. The Morgan fingerprint density at radius 3 is 2.13 bits per heavy atom. The van der Waals surface area contributed by atoms with E-state index in [0.29, 0.717) is 6.61 Å². The van der Waals surface area contributed by atoms with E-state index in [4.69, 9.17) is 4.74 Å². The van der Waals surface area contributed by atoms with Crippen molar-refractivity contribution in [2.24, 2.45) is 0 Å². The van der Waals surface area contributed by atoms with E-state index in [1.54, 1.807) is 0 Å². The Morgan fingerprint density at radius 1 is 0.783 bits per heavy atom. The van der Waals surface area contributed by atoms with Crippen LogP contribution in [0.4, 0.5) is 5.69 Å². The molecule has 0 spiro atoms. The molecule has 116 valence electrons. The van der Waals surface area contributed by atoms with Crippen LogP contribution < -0.4 is 10.1 Å². The van der Waals surface area contributed by atoms with Crippen molar-refractivity contribution in [3.05, 3.63) is 94.5 Å². The molecule has 0 unspecified atom stereocenters. The topological polar surface area (TPSA) is 21.3 Å². The molecule has 0 saturated heterocycles. The molecule has 0 radical (unpaired) electrons. The molecule has 0 aliphatic carbocycles. The first-order valence-electron chi connectivity index (χ1n) is 7.55. The third-order valence-corrected chi connectivity index (χ3v) is 4.20. The van der Waals surface area contributed by atoms with Crippen molar-refractivity contribution < 1.29 is 4.74 Å². The monoisotopic (exact) mass is 367 g/mol. The lowest BCUT2D eigenvalue weighted by Gasteiger charge is -2.12. The van der Waals surface area contributed by atoms with Crippen LogP contribution in [-0.2, 0) is 13.2 Å². The summed E-state index contributed by atoms with van der Waals surface area (Å²) in [6, 6.07) is 26.5. The van der Waals surface area contributed by atoms with Crippen LogP contribution >= 0.6 is 15.9 Å². The fourth-order valence-corrected chi connectivity index (χ4v) is 2.65. The van der Waals surface area contributed by atoms with Gasteiger partial charge in [0.25, 0.3) is 0 Å². The fraction of sp³-hybridized carbons (Fsp3) is 0.100. The highest BCUT2D eigenvalue weighted by molar-refractivity contribution is 9.10. The normalized spacial score (nSPS) is 10.3. The Morgan fingerprint density at radius 2 is 1.43 bits per heavy atom. The number of anilines is 1. The fourth-order valence-electron chi connectivity index (χ4n) is 2.26. The van der Waals surface area contributed by atoms with Crippen LogP contribution in [0.3, 0.4) is 0 Å². The highest BCUT2D eigenvalue weighted by Crippen LogP contribution is 2.28. The molecular formula is C20H18BrNO. The van der Waals surface area contributed by atoms with Gasteiger partial charge in [-0.15, -0.1) is 0 Å². The number of nitrogens with one attached hydrogen (secondary N) is 1. The van der Waals surface area contributed by atoms with Gasteiger partial charge in [0.2, 0.25) is 0 Å². The van der Waals surface area contributed by atoms with E-state index < -0.39 is 0 Å². The van der Waals surface area contributed by atoms with E-state index in [1.807, 2.05) is 54.6 Å². The summed E-state index contributed by atoms with van der Waals surface area (Å²) in [6.45, 7) is 1.35. The Labute approximate surface area is 145 Å². The highest BCUT2D eigenvalue weighted by atomic mass is 79.9. The van der Waals surface area contributed by atoms with Crippen LogP contribution in [0.1, 0.15) is 11.1 Å². The van der Waals surface area contributed by atoms with Gasteiger partial charge in [0, 0.05) is 17.1 Å². The number of hydrogen-bond acceptors (Lipinski definition) is 2. The van der Waals surface area contributed by atoms with Crippen molar-refractivity contribution in [3.8, 4) is 5.75 Å². The molecular weight excluding hydrogens is 350 g/mol. The van der Waals surface area contributed by atoms with Crippen LogP contribution in [0.25, 0.3) is 0 Å². The van der Waals surface area contributed by atoms with Crippen LogP contribution in [0.15, 0.2) is 83.3 Å². The number of ether oxygens (including phenoxy) is 1. The summed E-state index contributed by atoms with van der Waals surface area (Å²) in [5, 5.41) is 3.44. The maximum absolute atomic E-state index is 5.88. The molecule has 0 amide bonds. The van der Waals surface area contributed by atoms with Gasteiger partial charge in [0.05, 0.1) is 5.69 Å². The summed E-state index contributed by atoms with van der Waals surface area (Å²) in [7, 11) is 0. The molecule has 3 aromatic carbocycles. The maximum atomic E-state index is 5.88. The first-order chi connectivity index (χ1) is 11.3.